The number of nitrogens with one attached hydrogen (secondary N) is 1. The molecule has 0 saturated heterocycles. The fourth-order valence-electron chi connectivity index (χ4n) is 6.06. The standard InChI is InChI=1S/C33H27BrF4N4O7/c1-14-20(34)8-16-7-17(10-23(25(16)41-14)47-30(35)36)28(43)40-12-32(45,18-4-5-18)24-11-19-27(46-13-31(19,2)29(39)44)26(42-24)15-3-6-21-22(9-15)49-33(37,38)48-21/h3,6-11,18,30,45H,4-5,12-13H2,1-2H3,(H2,39,44)(H,40,43)/t31-,32+/m0/s1. The molecule has 256 valence electrons. The molecule has 0 bridgehead atoms. The van der Waals surface area contributed by atoms with Crippen LogP contribution in [0.1, 0.15) is 47.1 Å². The number of rotatable bonds is 9. The molecule has 7 rings (SSSR count). The van der Waals surface area contributed by atoms with E-state index in [4.69, 9.17) is 20.2 Å². The molecule has 2 aromatic carbocycles. The summed E-state index contributed by atoms with van der Waals surface area (Å²) in [6.07, 6.45) is -2.72. The summed E-state index contributed by atoms with van der Waals surface area (Å²) in [7, 11) is 0. The van der Waals surface area contributed by atoms with Crippen LogP contribution in [0.15, 0.2) is 46.9 Å². The van der Waals surface area contributed by atoms with Gasteiger partial charge in [-0.05, 0) is 91.0 Å². The predicted octanol–water partition coefficient (Wildman–Crippen LogP) is 5.45. The van der Waals surface area contributed by atoms with Crippen LogP contribution >= 0.6 is 15.9 Å². The minimum atomic E-state index is -3.87. The van der Waals surface area contributed by atoms with Gasteiger partial charge in [0.25, 0.3) is 5.91 Å². The molecule has 16 heteroatoms. The molecule has 2 atom stereocenters. The zero-order valence-corrected chi connectivity index (χ0v) is 27.4. The van der Waals surface area contributed by atoms with E-state index in [-0.39, 0.29) is 70.1 Å². The number of carbonyl (C=O) groups is 2. The molecule has 2 aliphatic heterocycles. The first-order chi connectivity index (χ1) is 23.1. The quantitative estimate of drug-likeness (QED) is 0.190. The van der Waals surface area contributed by atoms with Gasteiger partial charge in [-0.2, -0.15) is 8.78 Å². The number of hydrogen-bond donors (Lipinski definition) is 3. The second-order valence-electron chi connectivity index (χ2n) is 12.4. The molecular formula is C33H27BrF4N4O7. The van der Waals surface area contributed by atoms with Crippen molar-refractivity contribution in [2.45, 2.75) is 50.6 Å². The number of halogens is 5. The lowest BCUT2D eigenvalue weighted by Crippen LogP contribution is -2.44. The van der Waals surface area contributed by atoms with Crippen LogP contribution in [0.2, 0.25) is 0 Å². The second kappa shape index (κ2) is 11.4. The molecule has 11 nitrogen and oxygen atoms in total. The Balaban J connectivity index is 1.27. The van der Waals surface area contributed by atoms with E-state index in [1.165, 1.54) is 30.3 Å². The van der Waals surface area contributed by atoms with Crippen LogP contribution in [-0.2, 0) is 15.8 Å². The van der Waals surface area contributed by atoms with Gasteiger partial charge in [0, 0.05) is 26.5 Å². The van der Waals surface area contributed by atoms with E-state index in [0.29, 0.717) is 34.0 Å². The zero-order valence-electron chi connectivity index (χ0n) is 25.8. The minimum Gasteiger partial charge on any atom is -0.489 e. The van der Waals surface area contributed by atoms with Gasteiger partial charge in [0.2, 0.25) is 5.91 Å². The van der Waals surface area contributed by atoms with E-state index in [0.717, 1.165) is 6.07 Å². The summed E-state index contributed by atoms with van der Waals surface area (Å²) in [6, 6.07) is 9.72. The lowest BCUT2D eigenvalue weighted by atomic mass is 9.81. The SMILES string of the molecule is Cc1nc2c(OC(F)F)cc(C(=O)NC[C@](O)(c3cc4c(c(-c5ccc6c(c5)OC(F)(F)O6)n3)OC[C@]4(C)C(N)=O)C3CC3)cc2cc1Br. The highest BCUT2D eigenvalue weighted by Crippen LogP contribution is 2.51. The average Bonchev–Trinajstić information content (AvgIpc) is 3.77. The molecule has 1 aliphatic carbocycles. The van der Waals surface area contributed by atoms with E-state index in [2.05, 4.69) is 35.7 Å². The predicted molar refractivity (Wildman–Crippen MR) is 168 cm³/mol. The maximum Gasteiger partial charge on any atom is 0.586 e. The fourth-order valence-corrected chi connectivity index (χ4v) is 6.40. The molecule has 4 heterocycles. The number of nitrogens with zero attached hydrogens (tertiary/aromatic N) is 2. The average molecular weight is 747 g/mol. The number of hydrogen-bond acceptors (Lipinski definition) is 9. The van der Waals surface area contributed by atoms with E-state index < -0.39 is 35.7 Å². The summed E-state index contributed by atoms with van der Waals surface area (Å²) in [6.45, 7) is -0.449. The Morgan fingerprint density at radius 3 is 2.57 bits per heavy atom. The number of primary amides is 1. The van der Waals surface area contributed by atoms with Gasteiger partial charge in [-0.15, -0.1) is 8.78 Å². The Hall–Kier alpha value is -4.70. The molecule has 2 aromatic heterocycles. The highest BCUT2D eigenvalue weighted by Gasteiger charge is 2.50. The molecule has 1 saturated carbocycles. The van der Waals surface area contributed by atoms with Crippen molar-refractivity contribution in [2.24, 2.45) is 11.7 Å². The van der Waals surface area contributed by atoms with Gasteiger partial charge < -0.3 is 35.1 Å². The summed E-state index contributed by atoms with van der Waals surface area (Å²) in [4.78, 5) is 35.3. The van der Waals surface area contributed by atoms with E-state index in [1.54, 1.807) is 19.9 Å². The Kier molecular flexibility index (Phi) is 7.66. The molecule has 3 aliphatic rings. The van der Waals surface area contributed by atoms with Gasteiger partial charge >= 0.3 is 12.9 Å². The van der Waals surface area contributed by atoms with Crippen LogP contribution < -0.4 is 30.0 Å². The van der Waals surface area contributed by atoms with Crippen molar-refractivity contribution in [3.8, 4) is 34.3 Å². The summed E-state index contributed by atoms with van der Waals surface area (Å²) >= 11 is 3.36. The van der Waals surface area contributed by atoms with Gasteiger partial charge in [0.05, 0.1) is 17.9 Å². The van der Waals surface area contributed by atoms with Crippen molar-refractivity contribution in [3.63, 3.8) is 0 Å². The third-order valence-corrected chi connectivity index (χ3v) is 9.80. The second-order valence-corrected chi connectivity index (χ2v) is 13.3. The first-order valence-corrected chi connectivity index (χ1v) is 15.8. The third kappa shape index (κ3) is 5.75. The number of aromatic nitrogens is 2. The number of carbonyl (C=O) groups excluding carboxylic acids is 2. The number of ether oxygens (including phenoxy) is 4. The van der Waals surface area contributed by atoms with E-state index in [9.17, 15) is 32.3 Å². The van der Waals surface area contributed by atoms with Crippen molar-refractivity contribution >= 4 is 38.6 Å². The van der Waals surface area contributed by atoms with Gasteiger partial charge in [-0.3, -0.25) is 9.59 Å². The minimum absolute atomic E-state index is 0.0340. The Bertz CT molecular complexity index is 2060. The Morgan fingerprint density at radius 1 is 1.14 bits per heavy atom. The van der Waals surface area contributed by atoms with Crippen LogP contribution in [0.4, 0.5) is 17.6 Å². The highest BCUT2D eigenvalue weighted by atomic mass is 79.9. The zero-order chi connectivity index (χ0) is 35.0. The number of alkyl halides is 4. The van der Waals surface area contributed by atoms with Crippen LogP contribution in [-0.4, -0.2) is 52.9 Å². The lowest BCUT2D eigenvalue weighted by Gasteiger charge is -2.30. The molecule has 0 spiro atoms. The number of aryl methyl sites for hydroxylation is 1. The smallest absolute Gasteiger partial charge is 0.489 e. The molecule has 0 radical (unpaired) electrons. The van der Waals surface area contributed by atoms with E-state index >= 15 is 0 Å². The number of aliphatic hydroxyl groups is 1. The molecule has 1 fully saturated rings. The highest BCUT2D eigenvalue weighted by molar-refractivity contribution is 9.10. The maximum atomic E-state index is 13.8. The van der Waals surface area contributed by atoms with Crippen LogP contribution in [0.25, 0.3) is 22.2 Å². The maximum absolute atomic E-state index is 13.8. The van der Waals surface area contributed by atoms with Crippen molar-refractivity contribution in [2.75, 3.05) is 13.2 Å². The van der Waals surface area contributed by atoms with Gasteiger partial charge in [0.1, 0.15) is 34.6 Å². The molecule has 0 unspecified atom stereocenters. The van der Waals surface area contributed by atoms with Gasteiger partial charge in [0.15, 0.2) is 17.2 Å². The third-order valence-electron chi connectivity index (χ3n) is 9.00. The molecule has 2 amide bonds. The van der Waals surface area contributed by atoms with Crippen LogP contribution in [0, 0.1) is 12.8 Å². The monoisotopic (exact) mass is 746 g/mol. The van der Waals surface area contributed by atoms with Crippen molar-refractivity contribution in [3.05, 3.63) is 69.5 Å². The van der Waals surface area contributed by atoms with Crippen molar-refractivity contribution in [1.29, 1.82) is 0 Å². The molecule has 4 aromatic rings. The lowest BCUT2D eigenvalue weighted by molar-refractivity contribution is -0.286. The Morgan fingerprint density at radius 2 is 1.88 bits per heavy atom. The summed E-state index contributed by atoms with van der Waals surface area (Å²) in [5.41, 5.74) is 4.01. The Labute approximate surface area is 283 Å². The summed E-state index contributed by atoms with van der Waals surface area (Å²) in [5.74, 6) is -2.39. The van der Waals surface area contributed by atoms with E-state index in [1.807, 2.05) is 0 Å². The topological polar surface area (TPSA) is 155 Å². The van der Waals surface area contributed by atoms with Gasteiger partial charge in [-0.1, -0.05) is 0 Å². The first-order valence-electron chi connectivity index (χ1n) is 15.0. The normalized spacial score (nSPS) is 20.1. The van der Waals surface area contributed by atoms with Gasteiger partial charge in [-0.25, -0.2) is 9.97 Å². The largest absolute Gasteiger partial charge is 0.586 e. The van der Waals surface area contributed by atoms with Crippen LogP contribution in [0.5, 0.6) is 23.0 Å². The number of pyridine rings is 2. The fraction of sp³-hybridized carbons (Fsp3) is 0.333. The number of benzene rings is 2. The number of amides is 2. The molecular weight excluding hydrogens is 720 g/mol. The first kappa shape index (κ1) is 32.8. The van der Waals surface area contributed by atoms with Crippen molar-refractivity contribution < 1.29 is 51.2 Å². The number of fused-ring (bicyclic) bond motifs is 3. The molecule has 49 heavy (non-hydrogen) atoms. The number of nitrogens with two attached hydrogens (primary N) is 1. The van der Waals surface area contributed by atoms with Crippen LogP contribution in [0.3, 0.4) is 0 Å². The summed E-state index contributed by atoms with van der Waals surface area (Å²) < 4.78 is 74.6. The van der Waals surface area contributed by atoms with Crippen molar-refractivity contribution in [1.82, 2.24) is 15.3 Å². The summed E-state index contributed by atoms with van der Waals surface area (Å²) in [5, 5.41) is 15.3. The molecule has 4 N–H and O–H groups in total.